The maximum absolute atomic E-state index is 12.8. The van der Waals surface area contributed by atoms with Crippen molar-refractivity contribution in [3.05, 3.63) is 58.1 Å². The van der Waals surface area contributed by atoms with Crippen LogP contribution in [0.15, 0.2) is 57.6 Å². The third kappa shape index (κ3) is 3.30. The summed E-state index contributed by atoms with van der Waals surface area (Å²) in [6, 6.07) is 13.0. The first kappa shape index (κ1) is 17.2. The molecule has 0 atom stereocenters. The van der Waals surface area contributed by atoms with E-state index in [1.54, 1.807) is 26.4 Å². The molecule has 1 heterocycles. The first-order valence-electron chi connectivity index (χ1n) is 7.63. The van der Waals surface area contributed by atoms with Gasteiger partial charge in [-0.25, -0.2) is 0 Å². The van der Waals surface area contributed by atoms with E-state index < -0.39 is 0 Å². The van der Waals surface area contributed by atoms with E-state index in [2.05, 4.69) is 21.0 Å². The highest BCUT2D eigenvalue weighted by Crippen LogP contribution is 2.35. The number of nitrogens with zero attached hydrogens (tertiary/aromatic N) is 2. The number of benzene rings is 2. The number of hydrogen-bond donors (Lipinski definition) is 0. The highest BCUT2D eigenvalue weighted by molar-refractivity contribution is 9.10. The average molecular weight is 401 g/mol. The predicted molar refractivity (Wildman–Crippen MR) is 102 cm³/mol. The van der Waals surface area contributed by atoms with Crippen LogP contribution in [0.1, 0.15) is 12.5 Å². The van der Waals surface area contributed by atoms with Crippen LogP contribution in [0.5, 0.6) is 11.5 Å². The number of halogens is 1. The van der Waals surface area contributed by atoms with Gasteiger partial charge in [-0.3, -0.25) is 4.79 Å². The Kier molecular flexibility index (Phi) is 4.90. The van der Waals surface area contributed by atoms with E-state index >= 15 is 0 Å². The van der Waals surface area contributed by atoms with Crippen molar-refractivity contribution in [3.63, 3.8) is 0 Å². The fraction of sp³-hybridized carbons (Fsp3) is 0.158. The van der Waals surface area contributed by atoms with Crippen molar-refractivity contribution in [2.75, 3.05) is 19.2 Å². The van der Waals surface area contributed by atoms with Crippen LogP contribution in [-0.4, -0.2) is 25.8 Å². The molecule has 0 N–H and O–H groups in total. The van der Waals surface area contributed by atoms with E-state index in [0.29, 0.717) is 22.8 Å². The van der Waals surface area contributed by atoms with E-state index in [-0.39, 0.29) is 5.91 Å². The largest absolute Gasteiger partial charge is 0.496 e. The Labute approximate surface area is 154 Å². The van der Waals surface area contributed by atoms with Crippen LogP contribution < -0.4 is 14.5 Å². The van der Waals surface area contributed by atoms with Gasteiger partial charge in [-0.15, -0.1) is 0 Å². The van der Waals surface area contributed by atoms with Crippen LogP contribution in [0.2, 0.25) is 0 Å². The Morgan fingerprint density at radius 3 is 2.40 bits per heavy atom. The lowest BCUT2D eigenvalue weighted by atomic mass is 10.1. The quantitative estimate of drug-likeness (QED) is 0.719. The van der Waals surface area contributed by atoms with Gasteiger partial charge in [-0.1, -0.05) is 18.2 Å². The van der Waals surface area contributed by atoms with E-state index in [1.165, 1.54) is 5.01 Å². The van der Waals surface area contributed by atoms with E-state index in [0.717, 1.165) is 15.7 Å². The number of hydrazone groups is 1. The SMILES string of the molecule is COc1cc(OC)c(/C=C2/C(=O)N(c3ccccc3)N=C2C)cc1Br. The van der Waals surface area contributed by atoms with Crippen LogP contribution in [0, 0.1) is 0 Å². The number of hydrogen-bond acceptors (Lipinski definition) is 4. The van der Waals surface area contributed by atoms with Crippen molar-refractivity contribution in [3.8, 4) is 11.5 Å². The molecule has 2 aromatic rings. The molecular formula is C19H17BrN2O3. The van der Waals surface area contributed by atoms with Gasteiger partial charge >= 0.3 is 0 Å². The zero-order valence-electron chi connectivity index (χ0n) is 14.1. The van der Waals surface area contributed by atoms with Gasteiger partial charge in [0, 0.05) is 11.6 Å². The smallest absolute Gasteiger partial charge is 0.280 e. The van der Waals surface area contributed by atoms with Crippen LogP contribution >= 0.6 is 15.9 Å². The molecular weight excluding hydrogens is 384 g/mol. The zero-order chi connectivity index (χ0) is 18.0. The number of methoxy groups -OCH3 is 2. The molecule has 128 valence electrons. The third-order valence-corrected chi connectivity index (χ3v) is 4.49. The summed E-state index contributed by atoms with van der Waals surface area (Å²) in [5.41, 5.74) is 2.68. The minimum Gasteiger partial charge on any atom is -0.496 e. The van der Waals surface area contributed by atoms with Gasteiger partial charge in [0.05, 0.1) is 35.7 Å². The predicted octanol–water partition coefficient (Wildman–Crippen LogP) is 4.27. The molecule has 6 heteroatoms. The van der Waals surface area contributed by atoms with Gasteiger partial charge in [0.15, 0.2) is 0 Å². The summed E-state index contributed by atoms with van der Waals surface area (Å²) in [5, 5.41) is 5.79. The summed E-state index contributed by atoms with van der Waals surface area (Å²) in [5.74, 6) is 1.11. The normalized spacial score (nSPS) is 15.5. The van der Waals surface area contributed by atoms with Crippen LogP contribution in [-0.2, 0) is 4.79 Å². The Balaban J connectivity index is 2.01. The molecule has 0 bridgehead atoms. The first-order chi connectivity index (χ1) is 12.0. The van der Waals surface area contributed by atoms with E-state index in [9.17, 15) is 4.79 Å². The molecule has 0 saturated heterocycles. The lowest BCUT2D eigenvalue weighted by molar-refractivity contribution is -0.114. The van der Waals surface area contributed by atoms with Crippen molar-refractivity contribution in [1.29, 1.82) is 0 Å². The molecule has 0 aromatic heterocycles. The number of amides is 1. The van der Waals surface area contributed by atoms with Gasteiger partial charge < -0.3 is 9.47 Å². The lowest BCUT2D eigenvalue weighted by Gasteiger charge is -2.12. The number of carbonyl (C=O) groups excluding carboxylic acids is 1. The molecule has 0 saturated carbocycles. The minimum atomic E-state index is -0.169. The topological polar surface area (TPSA) is 51.1 Å². The van der Waals surface area contributed by atoms with E-state index in [1.807, 2.05) is 43.3 Å². The Morgan fingerprint density at radius 2 is 1.76 bits per heavy atom. The average Bonchev–Trinajstić information content (AvgIpc) is 2.91. The molecule has 25 heavy (non-hydrogen) atoms. The molecule has 0 unspecified atom stereocenters. The first-order valence-corrected chi connectivity index (χ1v) is 8.42. The third-order valence-electron chi connectivity index (χ3n) is 3.87. The Hall–Kier alpha value is -2.60. The monoisotopic (exact) mass is 400 g/mol. The number of anilines is 1. The minimum absolute atomic E-state index is 0.169. The van der Waals surface area contributed by atoms with Crippen molar-refractivity contribution in [2.24, 2.45) is 5.10 Å². The summed E-state index contributed by atoms with van der Waals surface area (Å²) in [7, 11) is 3.17. The molecule has 0 radical (unpaired) electrons. The maximum atomic E-state index is 12.8. The second kappa shape index (κ2) is 7.11. The fourth-order valence-electron chi connectivity index (χ4n) is 2.58. The van der Waals surface area contributed by atoms with Gasteiger partial charge in [-0.2, -0.15) is 10.1 Å². The van der Waals surface area contributed by atoms with Crippen LogP contribution in [0.3, 0.4) is 0 Å². The number of rotatable bonds is 4. The highest BCUT2D eigenvalue weighted by atomic mass is 79.9. The van der Waals surface area contributed by atoms with Crippen molar-refractivity contribution in [1.82, 2.24) is 0 Å². The molecule has 1 amide bonds. The maximum Gasteiger partial charge on any atom is 0.280 e. The number of ether oxygens (including phenoxy) is 2. The fourth-order valence-corrected chi connectivity index (χ4v) is 3.10. The Bertz CT molecular complexity index is 876. The van der Waals surface area contributed by atoms with Crippen molar-refractivity contribution in [2.45, 2.75) is 6.92 Å². The van der Waals surface area contributed by atoms with Crippen molar-refractivity contribution >= 4 is 39.3 Å². The highest BCUT2D eigenvalue weighted by Gasteiger charge is 2.29. The summed E-state index contributed by atoms with van der Waals surface area (Å²) < 4.78 is 11.5. The molecule has 0 aliphatic carbocycles. The van der Waals surface area contributed by atoms with Gasteiger partial charge in [0.1, 0.15) is 11.5 Å². The molecule has 1 aliphatic rings. The number of para-hydroxylation sites is 1. The van der Waals surface area contributed by atoms with Crippen LogP contribution in [0.25, 0.3) is 6.08 Å². The van der Waals surface area contributed by atoms with Crippen LogP contribution in [0.4, 0.5) is 5.69 Å². The Morgan fingerprint density at radius 1 is 1.08 bits per heavy atom. The van der Waals surface area contributed by atoms with Gasteiger partial charge in [-0.05, 0) is 47.1 Å². The van der Waals surface area contributed by atoms with Gasteiger partial charge in [0.2, 0.25) is 0 Å². The molecule has 0 fully saturated rings. The lowest BCUT2D eigenvalue weighted by Crippen LogP contribution is -2.21. The summed E-state index contributed by atoms with van der Waals surface area (Å²) in [6.45, 7) is 1.82. The molecule has 2 aromatic carbocycles. The zero-order valence-corrected chi connectivity index (χ0v) is 15.7. The molecule has 3 rings (SSSR count). The van der Waals surface area contributed by atoms with Crippen molar-refractivity contribution < 1.29 is 14.3 Å². The summed E-state index contributed by atoms with van der Waals surface area (Å²) in [6.07, 6.45) is 1.78. The molecule has 1 aliphatic heterocycles. The standard InChI is InChI=1S/C19H17BrN2O3/c1-12-15(19(23)22(21-12)14-7-5-4-6-8-14)9-13-10-16(20)18(25-3)11-17(13)24-2/h4-11H,1-3H3/b15-9+. The van der Waals surface area contributed by atoms with E-state index in [4.69, 9.17) is 9.47 Å². The van der Waals surface area contributed by atoms with Gasteiger partial charge in [0.25, 0.3) is 5.91 Å². The second-order valence-electron chi connectivity index (χ2n) is 5.42. The summed E-state index contributed by atoms with van der Waals surface area (Å²) >= 11 is 3.46. The summed E-state index contributed by atoms with van der Waals surface area (Å²) in [4.78, 5) is 12.8. The second-order valence-corrected chi connectivity index (χ2v) is 6.28. The molecule has 0 spiro atoms. The molecule has 5 nitrogen and oxygen atoms in total. The number of carbonyl (C=O) groups is 1.